The van der Waals surface area contributed by atoms with Crippen LogP contribution in [0.15, 0.2) is 48.7 Å². The van der Waals surface area contributed by atoms with Crippen molar-refractivity contribution in [2.45, 2.75) is 31.8 Å². The number of carbonyl (C=O) groups is 1. The maximum absolute atomic E-state index is 11.2. The van der Waals surface area contributed by atoms with Gasteiger partial charge in [0, 0.05) is 43.9 Å². The van der Waals surface area contributed by atoms with E-state index in [0.29, 0.717) is 13.1 Å². The maximum atomic E-state index is 11.2. The third-order valence-electron chi connectivity index (χ3n) is 6.18. The minimum absolute atomic E-state index is 0.257. The summed E-state index contributed by atoms with van der Waals surface area (Å²) in [6.45, 7) is 3.19. The summed E-state index contributed by atoms with van der Waals surface area (Å²) in [4.78, 5) is 17.2. The largest absolute Gasteiger partial charge is 0.487 e. The van der Waals surface area contributed by atoms with Gasteiger partial charge in [-0.1, -0.05) is 24.3 Å². The van der Waals surface area contributed by atoms with E-state index in [1.54, 1.807) is 0 Å². The third-order valence-corrected chi connectivity index (χ3v) is 6.18. The first-order valence-electron chi connectivity index (χ1n) is 9.69. The second-order valence-corrected chi connectivity index (χ2v) is 7.87. The lowest BCUT2D eigenvalue weighted by Gasteiger charge is -2.37. The summed E-state index contributed by atoms with van der Waals surface area (Å²) >= 11 is 0. The zero-order valence-corrected chi connectivity index (χ0v) is 15.8. The van der Waals surface area contributed by atoms with Gasteiger partial charge in [-0.05, 0) is 47.4 Å². The fraction of sp³-hybridized carbons (Fsp3) is 0.304. The van der Waals surface area contributed by atoms with Crippen molar-refractivity contribution in [2.75, 3.05) is 13.1 Å². The zero-order valence-electron chi connectivity index (χ0n) is 15.8. The van der Waals surface area contributed by atoms with E-state index >= 15 is 0 Å². The molecule has 5 rings (SSSR count). The summed E-state index contributed by atoms with van der Waals surface area (Å²) in [5.41, 5.74) is 5.54. The Balaban J connectivity index is 1.45. The molecule has 1 spiro atoms. The Morgan fingerprint density at radius 2 is 2.00 bits per heavy atom. The van der Waals surface area contributed by atoms with E-state index in [1.807, 2.05) is 12.3 Å². The number of piperidine rings is 1. The molecule has 5 nitrogen and oxygen atoms in total. The molecule has 0 aliphatic carbocycles. The molecule has 1 aromatic heterocycles. The second kappa shape index (κ2) is 6.23. The van der Waals surface area contributed by atoms with E-state index in [2.05, 4.69) is 48.3 Å². The number of amides is 1. The van der Waals surface area contributed by atoms with E-state index < -0.39 is 6.09 Å². The van der Waals surface area contributed by atoms with E-state index in [9.17, 15) is 9.90 Å². The Bertz CT molecular complexity index is 1080. The average molecular weight is 374 g/mol. The van der Waals surface area contributed by atoms with Crippen LogP contribution in [0.1, 0.15) is 24.0 Å². The van der Waals surface area contributed by atoms with Gasteiger partial charge in [0.25, 0.3) is 0 Å². The fourth-order valence-corrected chi connectivity index (χ4v) is 4.59. The van der Waals surface area contributed by atoms with Gasteiger partial charge in [0.2, 0.25) is 0 Å². The van der Waals surface area contributed by atoms with Crippen molar-refractivity contribution < 1.29 is 14.6 Å². The Kier molecular flexibility index (Phi) is 3.79. The van der Waals surface area contributed by atoms with Gasteiger partial charge in [-0.2, -0.15) is 0 Å². The highest BCUT2D eigenvalue weighted by Crippen LogP contribution is 2.43. The van der Waals surface area contributed by atoms with Crippen LogP contribution in [0.3, 0.4) is 0 Å². The number of aromatic nitrogens is 1. The van der Waals surface area contributed by atoms with Crippen LogP contribution in [-0.4, -0.2) is 39.8 Å². The van der Waals surface area contributed by atoms with Crippen LogP contribution in [0, 0.1) is 6.92 Å². The van der Waals surface area contributed by atoms with Crippen molar-refractivity contribution in [3.8, 4) is 16.9 Å². The van der Waals surface area contributed by atoms with Gasteiger partial charge in [-0.3, -0.25) is 4.98 Å². The van der Waals surface area contributed by atoms with E-state index in [4.69, 9.17) is 4.74 Å². The van der Waals surface area contributed by atoms with Crippen LogP contribution in [0.25, 0.3) is 22.0 Å². The zero-order chi connectivity index (χ0) is 19.3. The predicted octanol–water partition coefficient (Wildman–Crippen LogP) is 4.66. The molecule has 0 saturated carbocycles. The molecule has 1 N–H and O–H groups in total. The van der Waals surface area contributed by atoms with Gasteiger partial charge in [0.15, 0.2) is 0 Å². The quantitative estimate of drug-likeness (QED) is 0.673. The number of benzene rings is 2. The summed E-state index contributed by atoms with van der Waals surface area (Å²) in [7, 11) is 0. The number of hydrogen-bond donors (Lipinski definition) is 1. The number of fused-ring (bicyclic) bond motifs is 2. The molecule has 142 valence electrons. The number of nitrogens with zero attached hydrogens (tertiary/aromatic N) is 2. The summed E-state index contributed by atoms with van der Waals surface area (Å²) in [5, 5.41) is 10.3. The molecule has 1 fully saturated rings. The molecule has 3 aromatic rings. The monoisotopic (exact) mass is 374 g/mol. The highest BCUT2D eigenvalue weighted by Gasteiger charge is 2.42. The molecule has 0 radical (unpaired) electrons. The molecular formula is C23H22N2O3. The molecule has 0 unspecified atom stereocenters. The Morgan fingerprint density at radius 1 is 1.18 bits per heavy atom. The molecule has 2 aromatic carbocycles. The van der Waals surface area contributed by atoms with Crippen molar-refractivity contribution in [3.63, 3.8) is 0 Å². The molecule has 2 aliphatic rings. The van der Waals surface area contributed by atoms with Crippen molar-refractivity contribution in [1.82, 2.24) is 9.88 Å². The predicted molar refractivity (Wildman–Crippen MR) is 108 cm³/mol. The first kappa shape index (κ1) is 17.0. The molecule has 28 heavy (non-hydrogen) atoms. The van der Waals surface area contributed by atoms with E-state index in [-0.39, 0.29) is 5.60 Å². The molecule has 2 aliphatic heterocycles. The minimum Gasteiger partial charge on any atom is -0.487 e. The summed E-state index contributed by atoms with van der Waals surface area (Å²) in [5.74, 6) is 0.934. The second-order valence-electron chi connectivity index (χ2n) is 7.87. The third kappa shape index (κ3) is 2.70. The first-order chi connectivity index (χ1) is 13.5. The van der Waals surface area contributed by atoms with Gasteiger partial charge >= 0.3 is 6.09 Å². The van der Waals surface area contributed by atoms with Crippen LogP contribution in [-0.2, 0) is 6.42 Å². The number of hydrogen-bond acceptors (Lipinski definition) is 3. The summed E-state index contributed by atoms with van der Waals surface area (Å²) in [6.07, 6.45) is 3.31. The van der Waals surface area contributed by atoms with Crippen LogP contribution in [0.4, 0.5) is 4.79 Å². The smallest absolute Gasteiger partial charge is 0.407 e. The van der Waals surface area contributed by atoms with Crippen molar-refractivity contribution in [3.05, 3.63) is 59.8 Å². The minimum atomic E-state index is -0.840. The Labute approximate surface area is 163 Å². The molecule has 0 bridgehead atoms. The summed E-state index contributed by atoms with van der Waals surface area (Å²) < 4.78 is 6.32. The number of carboxylic acid groups (broad SMARTS) is 1. The first-order valence-corrected chi connectivity index (χ1v) is 9.69. The lowest BCUT2D eigenvalue weighted by molar-refractivity contribution is 0.0224. The molecule has 0 atom stereocenters. The topological polar surface area (TPSA) is 62.7 Å². The molecule has 1 amide bonds. The number of likely N-dealkylation sites (tertiary alicyclic amines) is 1. The van der Waals surface area contributed by atoms with Gasteiger partial charge in [-0.15, -0.1) is 0 Å². The van der Waals surface area contributed by atoms with E-state index in [0.717, 1.165) is 35.9 Å². The number of rotatable bonds is 1. The fourth-order valence-electron chi connectivity index (χ4n) is 4.59. The van der Waals surface area contributed by atoms with Gasteiger partial charge in [0.05, 0.1) is 5.52 Å². The highest BCUT2D eigenvalue weighted by molar-refractivity contribution is 5.88. The lowest BCUT2D eigenvalue weighted by atomic mass is 9.86. The van der Waals surface area contributed by atoms with Crippen molar-refractivity contribution in [2.24, 2.45) is 0 Å². The average Bonchev–Trinajstić information content (AvgIpc) is 3.05. The molecule has 5 heteroatoms. The van der Waals surface area contributed by atoms with Gasteiger partial charge in [-0.25, -0.2) is 4.79 Å². The number of aryl methyl sites for hydroxylation is 1. The molecule has 1 saturated heterocycles. The molecule has 3 heterocycles. The Morgan fingerprint density at radius 3 is 2.79 bits per heavy atom. The van der Waals surface area contributed by atoms with Gasteiger partial charge < -0.3 is 14.7 Å². The van der Waals surface area contributed by atoms with E-state index in [1.165, 1.54) is 27.2 Å². The SMILES string of the molecule is Cc1c(-c2ccc3c(c2)CC2(CCN(C(=O)O)CC2)O3)ccc2cccnc12. The number of pyridine rings is 1. The van der Waals surface area contributed by atoms with Crippen molar-refractivity contribution in [1.29, 1.82) is 0 Å². The normalized spacial score (nSPS) is 17.5. The van der Waals surface area contributed by atoms with Crippen LogP contribution in [0.2, 0.25) is 0 Å². The standard InChI is InChI=1S/C23H22N2O3/c1-15-19(6-4-16-3-2-10-24-21(15)16)17-5-7-20-18(13-17)14-23(28-20)8-11-25(12-9-23)22(26)27/h2-7,10,13H,8-9,11-12,14H2,1H3,(H,26,27). The van der Waals surface area contributed by atoms with Crippen LogP contribution >= 0.6 is 0 Å². The highest BCUT2D eigenvalue weighted by atomic mass is 16.5. The summed E-state index contributed by atoms with van der Waals surface area (Å²) in [6, 6.07) is 14.7. The van der Waals surface area contributed by atoms with Crippen molar-refractivity contribution >= 4 is 17.0 Å². The lowest BCUT2D eigenvalue weighted by Crippen LogP contribution is -2.48. The molecular weight excluding hydrogens is 352 g/mol. The van der Waals surface area contributed by atoms with Crippen LogP contribution < -0.4 is 4.74 Å². The Hall–Kier alpha value is -3.08. The van der Waals surface area contributed by atoms with Gasteiger partial charge in [0.1, 0.15) is 11.4 Å². The van der Waals surface area contributed by atoms with Crippen LogP contribution in [0.5, 0.6) is 5.75 Å². The maximum Gasteiger partial charge on any atom is 0.407 e. The number of ether oxygens (including phenoxy) is 1.